The van der Waals surface area contributed by atoms with Gasteiger partial charge in [-0.15, -0.1) is 0 Å². The van der Waals surface area contributed by atoms with Gasteiger partial charge in [0.2, 0.25) is 11.8 Å². The van der Waals surface area contributed by atoms with E-state index in [1.54, 1.807) is 12.1 Å². The molecule has 0 aromatic heterocycles. The Balaban J connectivity index is 1.76. The van der Waals surface area contributed by atoms with Crippen LogP contribution in [0.15, 0.2) is 54.6 Å². The van der Waals surface area contributed by atoms with Crippen LogP contribution in [-0.4, -0.2) is 17.9 Å². The lowest BCUT2D eigenvalue weighted by Crippen LogP contribution is -2.43. The summed E-state index contributed by atoms with van der Waals surface area (Å²) in [5.41, 5.74) is 1.90. The molecule has 1 saturated heterocycles. The van der Waals surface area contributed by atoms with Crippen LogP contribution in [0, 0.1) is 5.82 Å². The second-order valence-corrected chi connectivity index (χ2v) is 5.96. The average Bonchev–Trinajstić information content (AvgIpc) is 3.03. The molecule has 124 valence electrons. The highest BCUT2D eigenvalue weighted by Gasteiger charge is 2.28. The largest absolute Gasteiger partial charge is 0.347 e. The molecular formula is C19H19FN2O2. The van der Waals surface area contributed by atoms with Crippen molar-refractivity contribution in [3.63, 3.8) is 0 Å². The van der Waals surface area contributed by atoms with Gasteiger partial charge in [0.15, 0.2) is 0 Å². The molecule has 1 aliphatic rings. The van der Waals surface area contributed by atoms with E-state index in [1.165, 1.54) is 12.1 Å². The summed E-state index contributed by atoms with van der Waals surface area (Å²) in [6.07, 6.45) is 1.45. The summed E-state index contributed by atoms with van der Waals surface area (Å²) in [6, 6.07) is 15.2. The molecule has 4 nitrogen and oxygen atoms in total. The molecule has 0 radical (unpaired) electrons. The van der Waals surface area contributed by atoms with E-state index in [0.29, 0.717) is 19.3 Å². The molecule has 2 N–H and O–H groups in total. The predicted molar refractivity (Wildman–Crippen MR) is 88.6 cm³/mol. The van der Waals surface area contributed by atoms with Crippen LogP contribution in [-0.2, 0) is 16.0 Å². The molecule has 2 aromatic carbocycles. The first-order valence-electron chi connectivity index (χ1n) is 8.01. The van der Waals surface area contributed by atoms with Crippen molar-refractivity contribution in [1.29, 1.82) is 0 Å². The minimum Gasteiger partial charge on any atom is -0.347 e. The highest BCUT2D eigenvalue weighted by molar-refractivity contribution is 5.90. The summed E-state index contributed by atoms with van der Waals surface area (Å²) in [5.74, 6) is -0.561. The van der Waals surface area contributed by atoms with E-state index in [4.69, 9.17) is 0 Å². The summed E-state index contributed by atoms with van der Waals surface area (Å²) in [4.78, 5) is 23.7. The average molecular weight is 326 g/mol. The number of amides is 2. The van der Waals surface area contributed by atoms with E-state index in [-0.39, 0.29) is 23.7 Å². The van der Waals surface area contributed by atoms with Crippen LogP contribution in [0.3, 0.4) is 0 Å². The zero-order valence-corrected chi connectivity index (χ0v) is 13.2. The van der Waals surface area contributed by atoms with Crippen molar-refractivity contribution in [3.05, 3.63) is 71.5 Å². The molecule has 0 aliphatic carbocycles. The lowest BCUT2D eigenvalue weighted by atomic mass is 9.98. The van der Waals surface area contributed by atoms with Crippen molar-refractivity contribution in [1.82, 2.24) is 10.6 Å². The van der Waals surface area contributed by atoms with Gasteiger partial charge < -0.3 is 10.6 Å². The Morgan fingerprint density at radius 1 is 1.17 bits per heavy atom. The highest BCUT2D eigenvalue weighted by Crippen LogP contribution is 2.20. The number of hydrogen-bond acceptors (Lipinski definition) is 2. The minimum absolute atomic E-state index is 0.0926. The Kier molecular flexibility index (Phi) is 4.89. The first-order valence-corrected chi connectivity index (χ1v) is 8.01. The van der Waals surface area contributed by atoms with E-state index in [0.717, 1.165) is 11.1 Å². The molecule has 2 amide bonds. The third kappa shape index (κ3) is 3.98. The van der Waals surface area contributed by atoms with Gasteiger partial charge in [-0.1, -0.05) is 42.5 Å². The standard InChI is InChI=1S/C19H19FN2O2/c20-15-8-6-13(7-9-15)12-17(14-4-2-1-3-5-14)22-19(24)16-10-11-18(23)21-16/h1-9,16-17H,10-12H2,(H,21,23)(H,22,24)/t16-,17+/m0/s1. The quantitative estimate of drug-likeness (QED) is 0.887. The maximum absolute atomic E-state index is 13.1. The smallest absolute Gasteiger partial charge is 0.243 e. The van der Waals surface area contributed by atoms with Crippen LogP contribution in [0.1, 0.15) is 30.0 Å². The van der Waals surface area contributed by atoms with Crippen LogP contribution in [0.5, 0.6) is 0 Å². The molecule has 24 heavy (non-hydrogen) atoms. The van der Waals surface area contributed by atoms with Crippen LogP contribution in [0.2, 0.25) is 0 Å². The zero-order valence-electron chi connectivity index (χ0n) is 13.2. The fraction of sp³-hybridized carbons (Fsp3) is 0.263. The van der Waals surface area contributed by atoms with Crippen molar-refractivity contribution in [2.45, 2.75) is 31.3 Å². The second-order valence-electron chi connectivity index (χ2n) is 5.96. The molecule has 1 heterocycles. The Hall–Kier alpha value is -2.69. The number of carbonyl (C=O) groups excluding carboxylic acids is 2. The number of halogens is 1. The summed E-state index contributed by atoms with van der Waals surface area (Å²) >= 11 is 0. The van der Waals surface area contributed by atoms with E-state index in [9.17, 15) is 14.0 Å². The van der Waals surface area contributed by atoms with Crippen LogP contribution in [0.25, 0.3) is 0 Å². The fourth-order valence-electron chi connectivity index (χ4n) is 2.88. The lowest BCUT2D eigenvalue weighted by Gasteiger charge is -2.21. The summed E-state index contributed by atoms with van der Waals surface area (Å²) in [5, 5.41) is 5.69. The third-order valence-electron chi connectivity index (χ3n) is 4.18. The van der Waals surface area contributed by atoms with Crippen molar-refractivity contribution >= 4 is 11.8 Å². The molecule has 2 aromatic rings. The van der Waals surface area contributed by atoms with Gasteiger partial charge in [0.05, 0.1) is 6.04 Å². The lowest BCUT2D eigenvalue weighted by molar-refractivity contribution is -0.126. The highest BCUT2D eigenvalue weighted by atomic mass is 19.1. The van der Waals surface area contributed by atoms with Gasteiger partial charge in [0.1, 0.15) is 11.9 Å². The third-order valence-corrected chi connectivity index (χ3v) is 4.18. The molecule has 2 atom stereocenters. The molecule has 1 fully saturated rings. The number of benzene rings is 2. The maximum Gasteiger partial charge on any atom is 0.243 e. The molecule has 3 rings (SSSR count). The molecule has 0 unspecified atom stereocenters. The monoisotopic (exact) mass is 326 g/mol. The van der Waals surface area contributed by atoms with Gasteiger partial charge in [-0.2, -0.15) is 0 Å². The van der Waals surface area contributed by atoms with E-state index in [1.807, 2.05) is 30.3 Å². The van der Waals surface area contributed by atoms with E-state index < -0.39 is 6.04 Å². The van der Waals surface area contributed by atoms with Gasteiger partial charge in [-0.3, -0.25) is 9.59 Å². The summed E-state index contributed by atoms with van der Waals surface area (Å²) in [6.45, 7) is 0. The molecule has 0 saturated carbocycles. The van der Waals surface area contributed by atoms with Crippen LogP contribution >= 0.6 is 0 Å². The van der Waals surface area contributed by atoms with Crippen LogP contribution < -0.4 is 10.6 Å². The first-order chi connectivity index (χ1) is 11.6. The number of hydrogen-bond donors (Lipinski definition) is 2. The number of carbonyl (C=O) groups is 2. The van der Waals surface area contributed by atoms with Gasteiger partial charge >= 0.3 is 0 Å². The SMILES string of the molecule is O=C1CC[C@@H](C(=O)N[C@H](Cc2ccc(F)cc2)c2ccccc2)N1. The molecular weight excluding hydrogens is 307 g/mol. The summed E-state index contributed by atoms with van der Waals surface area (Å²) < 4.78 is 13.1. The molecule has 5 heteroatoms. The van der Waals surface area contributed by atoms with E-state index >= 15 is 0 Å². The van der Waals surface area contributed by atoms with Crippen molar-refractivity contribution in [3.8, 4) is 0 Å². The minimum atomic E-state index is -0.475. The predicted octanol–water partition coefficient (Wildman–Crippen LogP) is 2.50. The molecule has 1 aliphatic heterocycles. The normalized spacial score (nSPS) is 18.0. The molecule has 0 spiro atoms. The van der Waals surface area contributed by atoms with Gasteiger partial charge in [0.25, 0.3) is 0 Å². The van der Waals surface area contributed by atoms with Crippen molar-refractivity contribution in [2.24, 2.45) is 0 Å². The Bertz CT molecular complexity index is 716. The first kappa shape index (κ1) is 16.2. The summed E-state index contributed by atoms with van der Waals surface area (Å²) in [7, 11) is 0. The van der Waals surface area contributed by atoms with Crippen LogP contribution in [0.4, 0.5) is 4.39 Å². The van der Waals surface area contributed by atoms with Gasteiger partial charge in [0, 0.05) is 6.42 Å². The zero-order chi connectivity index (χ0) is 16.9. The Morgan fingerprint density at radius 2 is 1.88 bits per heavy atom. The maximum atomic E-state index is 13.1. The van der Waals surface area contributed by atoms with E-state index in [2.05, 4.69) is 10.6 Å². The fourth-order valence-corrected chi connectivity index (χ4v) is 2.88. The second kappa shape index (κ2) is 7.25. The van der Waals surface area contributed by atoms with Gasteiger partial charge in [-0.05, 0) is 36.1 Å². The molecule has 0 bridgehead atoms. The Labute approximate surface area is 140 Å². The van der Waals surface area contributed by atoms with Crippen molar-refractivity contribution in [2.75, 3.05) is 0 Å². The Morgan fingerprint density at radius 3 is 2.50 bits per heavy atom. The van der Waals surface area contributed by atoms with Gasteiger partial charge in [-0.25, -0.2) is 4.39 Å². The topological polar surface area (TPSA) is 58.2 Å². The van der Waals surface area contributed by atoms with Crippen molar-refractivity contribution < 1.29 is 14.0 Å². The number of rotatable bonds is 5. The number of nitrogens with one attached hydrogen (secondary N) is 2.